The molecule has 0 amide bonds. The average molecular weight is 358 g/mol. The van der Waals surface area contributed by atoms with E-state index in [0.717, 1.165) is 43.1 Å². The number of aromatic nitrogens is 2. The van der Waals surface area contributed by atoms with Crippen LogP contribution in [0.1, 0.15) is 44.1 Å². The standard InChI is InChI=1S/C20H27N3OS/c1-24-18-8-6-17(7-9-18)20(10-3-2-4-11-20)19(25)22-12-5-14-23-15-13-21-16-23/h6-9,13,15-16H,2-5,10-12,14H2,1H3,(H,22,25). The van der Waals surface area contributed by atoms with Crippen molar-refractivity contribution < 1.29 is 4.74 Å². The lowest BCUT2D eigenvalue weighted by Crippen LogP contribution is -2.45. The van der Waals surface area contributed by atoms with Gasteiger partial charge in [-0.25, -0.2) is 4.98 Å². The normalized spacial score (nSPS) is 16.4. The molecule has 0 bridgehead atoms. The molecular weight excluding hydrogens is 330 g/mol. The second kappa shape index (κ2) is 8.48. The molecule has 5 heteroatoms. The maximum atomic E-state index is 5.88. The van der Waals surface area contributed by atoms with Gasteiger partial charge in [0, 0.05) is 30.9 Å². The number of nitrogens with zero attached hydrogens (tertiary/aromatic N) is 2. The maximum absolute atomic E-state index is 5.88. The number of benzene rings is 1. The van der Waals surface area contributed by atoms with Crippen molar-refractivity contribution in [2.75, 3.05) is 13.7 Å². The van der Waals surface area contributed by atoms with E-state index < -0.39 is 0 Å². The zero-order valence-corrected chi connectivity index (χ0v) is 15.7. The van der Waals surface area contributed by atoms with Gasteiger partial charge in [0.15, 0.2) is 0 Å². The summed E-state index contributed by atoms with van der Waals surface area (Å²) in [5, 5.41) is 3.55. The maximum Gasteiger partial charge on any atom is 0.118 e. The van der Waals surface area contributed by atoms with Crippen LogP contribution in [0.3, 0.4) is 0 Å². The van der Waals surface area contributed by atoms with Crippen LogP contribution in [-0.4, -0.2) is 28.2 Å². The van der Waals surface area contributed by atoms with E-state index in [1.807, 2.05) is 30.9 Å². The predicted octanol–water partition coefficient (Wildman–Crippen LogP) is 4.10. The summed E-state index contributed by atoms with van der Waals surface area (Å²) < 4.78 is 7.41. The van der Waals surface area contributed by atoms with Crippen LogP contribution in [0.4, 0.5) is 0 Å². The van der Waals surface area contributed by atoms with Crippen LogP contribution in [0.15, 0.2) is 43.0 Å². The van der Waals surface area contributed by atoms with Crippen molar-refractivity contribution in [3.8, 4) is 5.75 Å². The fourth-order valence-corrected chi connectivity index (χ4v) is 4.19. The molecule has 3 rings (SSSR count). The minimum atomic E-state index is -0.0190. The van der Waals surface area contributed by atoms with Crippen molar-refractivity contribution in [2.24, 2.45) is 0 Å². The molecule has 25 heavy (non-hydrogen) atoms. The van der Waals surface area contributed by atoms with Gasteiger partial charge in [0.05, 0.1) is 18.4 Å². The molecule has 0 radical (unpaired) electrons. The van der Waals surface area contributed by atoms with Crippen molar-refractivity contribution in [1.82, 2.24) is 14.9 Å². The lowest BCUT2D eigenvalue weighted by Gasteiger charge is -2.39. The highest BCUT2D eigenvalue weighted by Gasteiger charge is 2.37. The Morgan fingerprint density at radius 3 is 2.64 bits per heavy atom. The van der Waals surface area contributed by atoms with Crippen molar-refractivity contribution >= 4 is 17.2 Å². The quantitative estimate of drug-likeness (QED) is 0.598. The van der Waals surface area contributed by atoms with Crippen molar-refractivity contribution in [1.29, 1.82) is 0 Å². The molecule has 1 aliphatic rings. The van der Waals surface area contributed by atoms with E-state index in [-0.39, 0.29) is 5.41 Å². The van der Waals surface area contributed by atoms with Gasteiger partial charge in [0.1, 0.15) is 5.75 Å². The number of aryl methyl sites for hydroxylation is 1. The fraction of sp³-hybridized carbons (Fsp3) is 0.500. The SMILES string of the molecule is COc1ccc(C2(C(=S)NCCCn3ccnc3)CCCCC2)cc1. The molecule has 1 aliphatic carbocycles. The minimum absolute atomic E-state index is 0.0190. The molecule has 4 nitrogen and oxygen atoms in total. The Morgan fingerprint density at radius 2 is 2.00 bits per heavy atom. The number of hydrogen-bond acceptors (Lipinski definition) is 3. The molecule has 0 saturated heterocycles. The third-order valence-electron chi connectivity index (χ3n) is 5.22. The summed E-state index contributed by atoms with van der Waals surface area (Å²) in [6.45, 7) is 1.86. The Morgan fingerprint density at radius 1 is 1.24 bits per heavy atom. The second-order valence-electron chi connectivity index (χ2n) is 6.78. The van der Waals surface area contributed by atoms with Crippen LogP contribution >= 0.6 is 12.2 Å². The van der Waals surface area contributed by atoms with Crippen molar-refractivity contribution in [3.63, 3.8) is 0 Å². The summed E-state index contributed by atoms with van der Waals surface area (Å²) in [6, 6.07) is 8.47. The molecule has 0 spiro atoms. The monoisotopic (exact) mass is 357 g/mol. The number of hydrogen-bond donors (Lipinski definition) is 1. The second-order valence-corrected chi connectivity index (χ2v) is 7.19. The summed E-state index contributed by atoms with van der Waals surface area (Å²) in [4.78, 5) is 5.08. The molecule has 1 N–H and O–H groups in total. The van der Waals surface area contributed by atoms with E-state index in [4.69, 9.17) is 17.0 Å². The van der Waals surface area contributed by atoms with E-state index in [9.17, 15) is 0 Å². The molecule has 1 saturated carbocycles. The molecule has 0 aliphatic heterocycles. The third-order valence-corrected chi connectivity index (χ3v) is 5.76. The lowest BCUT2D eigenvalue weighted by atomic mass is 9.69. The van der Waals surface area contributed by atoms with Crippen LogP contribution < -0.4 is 10.1 Å². The van der Waals surface area contributed by atoms with Gasteiger partial charge < -0.3 is 14.6 Å². The topological polar surface area (TPSA) is 39.1 Å². The van der Waals surface area contributed by atoms with Gasteiger partial charge in [-0.05, 0) is 37.0 Å². The van der Waals surface area contributed by atoms with Crippen LogP contribution in [0.25, 0.3) is 0 Å². The highest BCUT2D eigenvalue weighted by molar-refractivity contribution is 7.80. The first-order valence-corrected chi connectivity index (χ1v) is 9.54. The molecule has 1 fully saturated rings. The Hall–Kier alpha value is -1.88. The summed E-state index contributed by atoms with van der Waals surface area (Å²) in [5.41, 5.74) is 1.30. The number of ether oxygens (including phenoxy) is 1. The Bertz CT molecular complexity index is 661. The minimum Gasteiger partial charge on any atom is -0.497 e. The summed E-state index contributed by atoms with van der Waals surface area (Å²) in [6.07, 6.45) is 12.8. The molecule has 0 unspecified atom stereocenters. The Balaban J connectivity index is 1.65. The first-order valence-electron chi connectivity index (χ1n) is 9.13. The molecular formula is C20H27N3OS. The zero-order valence-electron chi connectivity index (χ0n) is 14.9. The van der Waals surface area contributed by atoms with E-state index >= 15 is 0 Å². The zero-order chi connectivity index (χ0) is 17.5. The summed E-state index contributed by atoms with van der Waals surface area (Å²) >= 11 is 5.88. The largest absolute Gasteiger partial charge is 0.497 e. The molecule has 2 aromatic rings. The first kappa shape index (κ1) is 17.9. The Kier molecular flexibility index (Phi) is 6.08. The molecule has 1 heterocycles. The number of thiocarbonyl (C=S) groups is 1. The smallest absolute Gasteiger partial charge is 0.118 e. The van der Waals surface area contributed by atoms with Gasteiger partial charge in [-0.3, -0.25) is 0 Å². The van der Waals surface area contributed by atoms with Crippen molar-refractivity contribution in [2.45, 2.75) is 50.5 Å². The van der Waals surface area contributed by atoms with Gasteiger partial charge in [-0.2, -0.15) is 0 Å². The van der Waals surface area contributed by atoms with Gasteiger partial charge in [0.2, 0.25) is 0 Å². The van der Waals surface area contributed by atoms with Gasteiger partial charge in [-0.15, -0.1) is 0 Å². The fourth-order valence-electron chi connectivity index (χ4n) is 3.76. The van der Waals surface area contributed by atoms with E-state index in [2.05, 4.69) is 27.0 Å². The highest BCUT2D eigenvalue weighted by Crippen LogP contribution is 2.40. The number of nitrogens with one attached hydrogen (secondary N) is 1. The van der Waals surface area contributed by atoms with E-state index in [1.54, 1.807) is 7.11 Å². The molecule has 134 valence electrons. The number of methoxy groups -OCH3 is 1. The summed E-state index contributed by atoms with van der Waals surface area (Å²) in [7, 11) is 1.71. The molecule has 0 atom stereocenters. The van der Waals surface area contributed by atoms with Gasteiger partial charge in [-0.1, -0.05) is 43.6 Å². The first-order chi connectivity index (χ1) is 12.2. The van der Waals surface area contributed by atoms with Crippen LogP contribution in [0, 0.1) is 0 Å². The molecule has 1 aromatic carbocycles. The number of rotatable bonds is 7. The lowest BCUT2D eigenvalue weighted by molar-refractivity contribution is 0.375. The third kappa shape index (κ3) is 4.21. The van der Waals surface area contributed by atoms with E-state index in [0.29, 0.717) is 0 Å². The highest BCUT2D eigenvalue weighted by atomic mass is 32.1. The van der Waals surface area contributed by atoms with E-state index in [1.165, 1.54) is 24.8 Å². The number of imidazole rings is 1. The van der Waals surface area contributed by atoms with Gasteiger partial charge in [0.25, 0.3) is 0 Å². The summed E-state index contributed by atoms with van der Waals surface area (Å²) in [5.74, 6) is 0.897. The predicted molar refractivity (Wildman–Crippen MR) is 105 cm³/mol. The van der Waals surface area contributed by atoms with Gasteiger partial charge >= 0.3 is 0 Å². The molecule has 1 aromatic heterocycles. The Labute approximate surface area is 155 Å². The van der Waals surface area contributed by atoms with Crippen LogP contribution in [0.5, 0.6) is 5.75 Å². The average Bonchev–Trinajstić information content (AvgIpc) is 3.19. The van der Waals surface area contributed by atoms with Crippen LogP contribution in [0.2, 0.25) is 0 Å². The van der Waals surface area contributed by atoms with Crippen molar-refractivity contribution in [3.05, 3.63) is 48.5 Å². The van der Waals surface area contributed by atoms with Crippen LogP contribution in [-0.2, 0) is 12.0 Å².